The third-order valence-electron chi connectivity index (χ3n) is 2.89. The highest BCUT2D eigenvalue weighted by atomic mass is 16.1. The van der Waals surface area contributed by atoms with Crippen LogP contribution in [0.25, 0.3) is 0 Å². The van der Waals surface area contributed by atoms with Gasteiger partial charge in [0.05, 0.1) is 0 Å². The zero-order valence-corrected chi connectivity index (χ0v) is 8.38. The molecule has 1 N–H and O–H groups in total. The number of rotatable bonds is 3. The van der Waals surface area contributed by atoms with E-state index in [1.165, 1.54) is 31.8 Å². The molecule has 1 amide bonds. The lowest BCUT2D eigenvalue weighted by atomic mass is 9.83. The van der Waals surface area contributed by atoms with Crippen LogP contribution < -0.4 is 5.32 Å². The number of hydrogen-bond acceptors (Lipinski definition) is 1. The third-order valence-corrected chi connectivity index (χ3v) is 2.89. The highest BCUT2D eigenvalue weighted by molar-refractivity contribution is 5.86. The fraction of sp³-hybridized carbons (Fsp3) is 0.727. The summed E-state index contributed by atoms with van der Waals surface area (Å²) in [6.45, 7) is 6.56. The predicted octanol–water partition coefficient (Wildman–Crippen LogP) is 2.11. The zero-order valence-electron chi connectivity index (χ0n) is 8.38. The average molecular weight is 181 g/mol. The Hall–Kier alpha value is -0.790. The molecule has 1 rings (SSSR count). The summed E-state index contributed by atoms with van der Waals surface area (Å²) in [7, 11) is 0. The maximum absolute atomic E-state index is 10.9. The maximum atomic E-state index is 10.9. The Morgan fingerprint density at radius 1 is 1.46 bits per heavy atom. The van der Waals surface area contributed by atoms with Gasteiger partial charge in [-0.3, -0.25) is 4.79 Å². The summed E-state index contributed by atoms with van der Waals surface area (Å²) in [5.74, 6) is 1.53. The molecule has 0 aromatic heterocycles. The summed E-state index contributed by atoms with van der Waals surface area (Å²) in [6.07, 6.45) is 6.49. The summed E-state index contributed by atoms with van der Waals surface area (Å²) in [6, 6.07) is 0. The molecule has 0 aliphatic heterocycles. The number of carbonyl (C=O) groups is 1. The summed E-state index contributed by atoms with van der Waals surface area (Å²) >= 11 is 0. The first kappa shape index (κ1) is 10.3. The first-order valence-corrected chi connectivity index (χ1v) is 5.12. The van der Waals surface area contributed by atoms with Crippen molar-refractivity contribution in [2.45, 2.75) is 32.6 Å². The molecule has 1 aliphatic rings. The van der Waals surface area contributed by atoms with Crippen LogP contribution in [0.3, 0.4) is 0 Å². The summed E-state index contributed by atoms with van der Waals surface area (Å²) in [5.41, 5.74) is 0. The van der Waals surface area contributed by atoms with Crippen LogP contribution in [-0.4, -0.2) is 12.5 Å². The molecule has 1 saturated carbocycles. The number of carbonyl (C=O) groups excluding carboxylic acids is 1. The highest BCUT2D eigenvalue weighted by Gasteiger charge is 2.17. The smallest absolute Gasteiger partial charge is 0.243 e. The van der Waals surface area contributed by atoms with Gasteiger partial charge in [-0.2, -0.15) is 0 Å². The van der Waals surface area contributed by atoms with Crippen molar-refractivity contribution in [1.82, 2.24) is 5.32 Å². The molecular formula is C11H19NO. The Morgan fingerprint density at radius 2 is 2.08 bits per heavy atom. The molecule has 0 radical (unpaired) electrons. The Labute approximate surface area is 80.4 Å². The molecule has 0 atom stereocenters. The van der Waals surface area contributed by atoms with Gasteiger partial charge in [0, 0.05) is 6.54 Å². The quantitative estimate of drug-likeness (QED) is 0.664. The molecule has 0 aromatic carbocycles. The van der Waals surface area contributed by atoms with Gasteiger partial charge in [-0.15, -0.1) is 0 Å². The van der Waals surface area contributed by atoms with E-state index in [1.807, 2.05) is 0 Å². The molecule has 1 fully saturated rings. The number of nitrogens with one attached hydrogen (secondary N) is 1. The molecule has 2 heteroatoms. The topological polar surface area (TPSA) is 29.1 Å². The second-order valence-corrected chi connectivity index (χ2v) is 4.08. The van der Waals surface area contributed by atoms with Gasteiger partial charge in [-0.25, -0.2) is 0 Å². The van der Waals surface area contributed by atoms with Crippen molar-refractivity contribution in [3.05, 3.63) is 12.7 Å². The first-order chi connectivity index (χ1) is 6.22. The zero-order chi connectivity index (χ0) is 9.68. The van der Waals surface area contributed by atoms with E-state index in [9.17, 15) is 4.79 Å². The monoisotopic (exact) mass is 181 g/mol. The Balaban J connectivity index is 2.15. The SMILES string of the molecule is C=CC(=O)NCC1CCC(C)CC1. The van der Waals surface area contributed by atoms with Crippen molar-refractivity contribution < 1.29 is 4.79 Å². The van der Waals surface area contributed by atoms with Gasteiger partial charge in [-0.05, 0) is 30.8 Å². The molecule has 0 unspecified atom stereocenters. The van der Waals surface area contributed by atoms with Gasteiger partial charge in [0.1, 0.15) is 0 Å². The van der Waals surface area contributed by atoms with Crippen molar-refractivity contribution in [2.75, 3.05) is 6.54 Å². The van der Waals surface area contributed by atoms with E-state index in [0.717, 1.165) is 12.5 Å². The van der Waals surface area contributed by atoms with Crippen molar-refractivity contribution in [3.63, 3.8) is 0 Å². The van der Waals surface area contributed by atoms with Crippen LogP contribution in [0.15, 0.2) is 12.7 Å². The Kier molecular flexibility index (Phi) is 4.00. The molecule has 0 bridgehead atoms. The van der Waals surface area contributed by atoms with Crippen LogP contribution in [0, 0.1) is 11.8 Å². The summed E-state index contributed by atoms with van der Waals surface area (Å²) < 4.78 is 0. The summed E-state index contributed by atoms with van der Waals surface area (Å²) in [4.78, 5) is 10.9. The largest absolute Gasteiger partial charge is 0.352 e. The molecule has 2 nitrogen and oxygen atoms in total. The van der Waals surface area contributed by atoms with Gasteiger partial charge in [0.15, 0.2) is 0 Å². The molecule has 0 spiro atoms. The lowest BCUT2D eigenvalue weighted by Gasteiger charge is -2.25. The first-order valence-electron chi connectivity index (χ1n) is 5.12. The van der Waals surface area contributed by atoms with E-state index in [1.54, 1.807) is 0 Å². The Bertz CT molecular complexity index is 181. The van der Waals surface area contributed by atoms with Gasteiger partial charge >= 0.3 is 0 Å². The molecule has 0 aromatic rings. The van der Waals surface area contributed by atoms with Crippen LogP contribution in [0.4, 0.5) is 0 Å². The maximum Gasteiger partial charge on any atom is 0.243 e. The van der Waals surface area contributed by atoms with Gasteiger partial charge < -0.3 is 5.32 Å². The van der Waals surface area contributed by atoms with E-state index in [-0.39, 0.29) is 5.91 Å². The fourth-order valence-electron chi connectivity index (χ4n) is 1.85. The van der Waals surface area contributed by atoms with Gasteiger partial charge in [0.2, 0.25) is 5.91 Å². The van der Waals surface area contributed by atoms with Crippen LogP contribution in [0.5, 0.6) is 0 Å². The van der Waals surface area contributed by atoms with Crippen LogP contribution in [-0.2, 0) is 4.79 Å². The second-order valence-electron chi connectivity index (χ2n) is 4.08. The van der Waals surface area contributed by atoms with Crippen molar-refractivity contribution >= 4 is 5.91 Å². The van der Waals surface area contributed by atoms with E-state index in [4.69, 9.17) is 0 Å². The molecule has 74 valence electrons. The van der Waals surface area contributed by atoms with Gasteiger partial charge in [-0.1, -0.05) is 26.3 Å². The second kappa shape index (κ2) is 5.05. The van der Waals surface area contributed by atoms with Gasteiger partial charge in [0.25, 0.3) is 0 Å². The van der Waals surface area contributed by atoms with E-state index in [0.29, 0.717) is 5.92 Å². The normalized spacial score (nSPS) is 28.1. The Morgan fingerprint density at radius 3 is 2.62 bits per heavy atom. The van der Waals surface area contributed by atoms with Crippen LogP contribution in [0.2, 0.25) is 0 Å². The minimum absolute atomic E-state index is 0.0429. The van der Waals surface area contributed by atoms with E-state index >= 15 is 0 Å². The molecule has 13 heavy (non-hydrogen) atoms. The fourth-order valence-corrected chi connectivity index (χ4v) is 1.85. The van der Waals surface area contributed by atoms with Crippen LogP contribution in [0.1, 0.15) is 32.6 Å². The predicted molar refractivity (Wildman–Crippen MR) is 54.3 cm³/mol. The minimum atomic E-state index is -0.0429. The molecule has 1 aliphatic carbocycles. The van der Waals surface area contributed by atoms with Crippen molar-refractivity contribution in [3.8, 4) is 0 Å². The summed E-state index contributed by atoms with van der Waals surface area (Å²) in [5, 5.41) is 2.86. The minimum Gasteiger partial charge on any atom is -0.352 e. The molecular weight excluding hydrogens is 162 g/mol. The standard InChI is InChI=1S/C11H19NO/c1-3-11(13)12-8-10-6-4-9(2)5-7-10/h3,9-10H,1,4-8H2,2H3,(H,12,13). The number of amides is 1. The number of hydrogen-bond donors (Lipinski definition) is 1. The average Bonchev–Trinajstić information content (AvgIpc) is 2.16. The van der Waals surface area contributed by atoms with Crippen molar-refractivity contribution in [2.24, 2.45) is 11.8 Å². The molecule has 0 saturated heterocycles. The van der Waals surface area contributed by atoms with E-state index < -0.39 is 0 Å². The molecule has 0 heterocycles. The van der Waals surface area contributed by atoms with Crippen molar-refractivity contribution in [1.29, 1.82) is 0 Å². The van der Waals surface area contributed by atoms with E-state index in [2.05, 4.69) is 18.8 Å². The lowest BCUT2D eigenvalue weighted by Crippen LogP contribution is -2.29. The highest BCUT2D eigenvalue weighted by Crippen LogP contribution is 2.27. The third kappa shape index (κ3) is 3.62. The van der Waals surface area contributed by atoms with Crippen LogP contribution >= 0.6 is 0 Å². The lowest BCUT2D eigenvalue weighted by molar-refractivity contribution is -0.116.